The SMILES string of the molecule is C#CCN[P+](=O)OCC1CCC(CO)CC1. The van der Waals surface area contributed by atoms with E-state index >= 15 is 0 Å². The monoisotopic (exact) mass is 244 g/mol. The Morgan fingerprint density at radius 2 is 2.00 bits per heavy atom. The van der Waals surface area contributed by atoms with Gasteiger partial charge in [0.1, 0.15) is 13.2 Å². The van der Waals surface area contributed by atoms with E-state index in [-0.39, 0.29) is 13.2 Å². The lowest BCUT2D eigenvalue weighted by Crippen LogP contribution is -2.20. The molecule has 1 atom stereocenters. The largest absolute Gasteiger partial charge is 0.613 e. The van der Waals surface area contributed by atoms with E-state index in [0.717, 1.165) is 25.7 Å². The first-order chi connectivity index (χ1) is 7.76. The molecule has 0 aromatic carbocycles. The van der Waals surface area contributed by atoms with Gasteiger partial charge in [0.25, 0.3) is 0 Å². The van der Waals surface area contributed by atoms with Crippen LogP contribution in [0, 0.1) is 24.2 Å². The summed E-state index contributed by atoms with van der Waals surface area (Å²) in [6.45, 7) is 1.07. The van der Waals surface area contributed by atoms with E-state index in [4.69, 9.17) is 16.1 Å². The molecule has 0 radical (unpaired) electrons. The molecule has 0 saturated heterocycles. The van der Waals surface area contributed by atoms with E-state index < -0.39 is 8.18 Å². The van der Waals surface area contributed by atoms with Crippen LogP contribution >= 0.6 is 8.18 Å². The highest BCUT2D eigenvalue weighted by atomic mass is 31.1. The molecule has 0 aliphatic heterocycles. The molecule has 0 spiro atoms. The fourth-order valence-corrected chi connectivity index (χ4v) is 2.57. The predicted molar refractivity (Wildman–Crippen MR) is 62.9 cm³/mol. The maximum atomic E-state index is 11.2. The zero-order valence-corrected chi connectivity index (χ0v) is 10.3. The van der Waals surface area contributed by atoms with Crippen molar-refractivity contribution in [2.24, 2.45) is 11.8 Å². The average Bonchev–Trinajstić information content (AvgIpc) is 2.34. The van der Waals surface area contributed by atoms with Crippen LogP contribution in [0.3, 0.4) is 0 Å². The van der Waals surface area contributed by atoms with Crippen molar-refractivity contribution in [1.82, 2.24) is 5.09 Å². The Labute approximate surface area is 97.7 Å². The van der Waals surface area contributed by atoms with E-state index in [2.05, 4.69) is 11.0 Å². The molecule has 1 aliphatic rings. The van der Waals surface area contributed by atoms with Gasteiger partial charge in [0.05, 0.1) is 0 Å². The van der Waals surface area contributed by atoms with Crippen LogP contribution in [0.5, 0.6) is 0 Å². The minimum Gasteiger partial charge on any atom is -0.396 e. The van der Waals surface area contributed by atoms with Gasteiger partial charge < -0.3 is 5.11 Å². The van der Waals surface area contributed by atoms with Gasteiger partial charge in [-0.1, -0.05) is 11.0 Å². The molecular formula is C11H19NO3P+. The third-order valence-corrected chi connectivity index (χ3v) is 3.76. The first-order valence-corrected chi connectivity index (χ1v) is 6.82. The lowest BCUT2D eigenvalue weighted by Gasteiger charge is -2.25. The van der Waals surface area contributed by atoms with Crippen molar-refractivity contribution in [2.45, 2.75) is 25.7 Å². The van der Waals surface area contributed by atoms with Crippen LogP contribution in [0.2, 0.25) is 0 Å². The Hall–Kier alpha value is -0.460. The molecule has 5 heteroatoms. The minimum absolute atomic E-state index is 0.270. The van der Waals surface area contributed by atoms with Crippen molar-refractivity contribution in [3.05, 3.63) is 0 Å². The molecule has 1 unspecified atom stereocenters. The molecule has 0 bridgehead atoms. The van der Waals surface area contributed by atoms with Crippen LogP contribution in [0.1, 0.15) is 25.7 Å². The molecule has 1 fully saturated rings. The van der Waals surface area contributed by atoms with Crippen molar-refractivity contribution in [3.8, 4) is 12.3 Å². The minimum atomic E-state index is -1.82. The van der Waals surface area contributed by atoms with E-state index in [1.165, 1.54) is 0 Å². The van der Waals surface area contributed by atoms with Gasteiger partial charge in [0.15, 0.2) is 0 Å². The molecule has 4 nitrogen and oxygen atoms in total. The van der Waals surface area contributed by atoms with Gasteiger partial charge in [-0.15, -0.1) is 10.9 Å². The van der Waals surface area contributed by atoms with Gasteiger partial charge in [-0.2, -0.15) is 0 Å². The molecule has 90 valence electrons. The summed E-state index contributed by atoms with van der Waals surface area (Å²) in [5.41, 5.74) is 0. The van der Waals surface area contributed by atoms with E-state index in [1.807, 2.05) is 0 Å². The zero-order valence-electron chi connectivity index (χ0n) is 9.39. The third-order valence-electron chi connectivity index (χ3n) is 2.96. The first kappa shape index (κ1) is 13.6. The zero-order chi connectivity index (χ0) is 11.8. The lowest BCUT2D eigenvalue weighted by molar-refractivity contribution is 0.141. The van der Waals surface area contributed by atoms with E-state index in [1.54, 1.807) is 0 Å². The number of rotatable bonds is 6. The van der Waals surface area contributed by atoms with Crippen molar-refractivity contribution < 1.29 is 14.2 Å². The van der Waals surface area contributed by atoms with Crippen LogP contribution in [0.4, 0.5) is 0 Å². The number of nitrogens with one attached hydrogen (secondary N) is 1. The molecule has 2 N–H and O–H groups in total. The molecule has 0 aromatic rings. The summed E-state index contributed by atoms with van der Waals surface area (Å²) in [5, 5.41) is 11.6. The molecule has 0 aromatic heterocycles. The van der Waals surface area contributed by atoms with Gasteiger partial charge in [-0.3, -0.25) is 0 Å². The van der Waals surface area contributed by atoms with Crippen LogP contribution in [-0.2, 0) is 9.09 Å². The predicted octanol–water partition coefficient (Wildman–Crippen LogP) is 1.68. The number of hydrogen-bond acceptors (Lipinski definition) is 3. The molecule has 1 aliphatic carbocycles. The van der Waals surface area contributed by atoms with Gasteiger partial charge >= 0.3 is 8.18 Å². The Morgan fingerprint density at radius 1 is 1.38 bits per heavy atom. The molecule has 16 heavy (non-hydrogen) atoms. The highest BCUT2D eigenvalue weighted by Gasteiger charge is 2.25. The quantitative estimate of drug-likeness (QED) is 0.551. The molecule has 0 heterocycles. The summed E-state index contributed by atoms with van der Waals surface area (Å²) < 4.78 is 16.4. The van der Waals surface area contributed by atoms with Gasteiger partial charge in [-0.05, 0) is 42.1 Å². The Kier molecular flexibility index (Phi) is 6.59. The molecule has 1 saturated carbocycles. The Balaban J connectivity index is 2.10. The van der Waals surface area contributed by atoms with Crippen LogP contribution in [0.15, 0.2) is 0 Å². The number of aliphatic hydroxyl groups is 1. The van der Waals surface area contributed by atoms with Gasteiger partial charge in [0, 0.05) is 6.61 Å². The second-order valence-electron chi connectivity index (χ2n) is 4.16. The summed E-state index contributed by atoms with van der Waals surface area (Å²) in [7, 11) is -1.82. The van der Waals surface area contributed by atoms with Crippen molar-refractivity contribution >= 4 is 8.18 Å². The summed E-state index contributed by atoms with van der Waals surface area (Å²) in [4.78, 5) is 0. The molecule has 1 rings (SSSR count). The van der Waals surface area contributed by atoms with Crippen molar-refractivity contribution in [2.75, 3.05) is 19.8 Å². The van der Waals surface area contributed by atoms with E-state index in [9.17, 15) is 4.57 Å². The second kappa shape index (κ2) is 7.76. The number of hydrogen-bond donors (Lipinski definition) is 2. The first-order valence-electron chi connectivity index (χ1n) is 5.64. The molecule has 0 amide bonds. The average molecular weight is 244 g/mol. The Morgan fingerprint density at radius 3 is 2.56 bits per heavy atom. The number of terminal acetylenes is 1. The van der Waals surface area contributed by atoms with Crippen molar-refractivity contribution in [3.63, 3.8) is 0 Å². The normalized spacial score (nSPS) is 26.1. The fraction of sp³-hybridized carbons (Fsp3) is 0.818. The smallest absolute Gasteiger partial charge is 0.396 e. The summed E-state index contributed by atoms with van der Waals surface area (Å²) >= 11 is 0. The summed E-state index contributed by atoms with van der Waals surface area (Å²) in [5.74, 6) is 3.26. The van der Waals surface area contributed by atoms with Crippen LogP contribution < -0.4 is 5.09 Å². The highest BCUT2D eigenvalue weighted by molar-refractivity contribution is 7.36. The van der Waals surface area contributed by atoms with Gasteiger partial charge in [-0.25, -0.2) is 0 Å². The standard InChI is InChI=1S/C11H19NO3P/c1-2-7-12-16(14)15-9-11-5-3-10(8-13)4-6-11/h1,10-11,13H,3-9H2,(H,12,14)/q+1. The van der Waals surface area contributed by atoms with E-state index in [0.29, 0.717) is 18.4 Å². The van der Waals surface area contributed by atoms with Crippen LogP contribution in [0.25, 0.3) is 0 Å². The van der Waals surface area contributed by atoms with Crippen LogP contribution in [-0.4, -0.2) is 24.9 Å². The van der Waals surface area contributed by atoms with Gasteiger partial charge in [0.2, 0.25) is 0 Å². The second-order valence-corrected chi connectivity index (χ2v) is 5.25. The Bertz CT molecular complexity index is 256. The fourth-order valence-electron chi connectivity index (χ4n) is 1.91. The maximum absolute atomic E-state index is 11.2. The highest BCUT2D eigenvalue weighted by Crippen LogP contribution is 2.30. The maximum Gasteiger partial charge on any atom is 0.613 e. The molecular weight excluding hydrogens is 225 g/mol. The topological polar surface area (TPSA) is 58.6 Å². The number of aliphatic hydroxyl groups excluding tert-OH is 1. The lowest BCUT2D eigenvalue weighted by atomic mass is 9.83. The van der Waals surface area contributed by atoms with Crippen molar-refractivity contribution in [1.29, 1.82) is 0 Å². The summed E-state index contributed by atoms with van der Waals surface area (Å²) in [6, 6.07) is 0. The summed E-state index contributed by atoms with van der Waals surface area (Å²) in [6.07, 6.45) is 9.20. The third kappa shape index (κ3) is 5.05.